The number of ketones is 1. The number of thiophene rings is 1. The number of Topliss-reactive ketones (excluding diaryl/α,β-unsaturated/α-hetero) is 1. The molecular formula is C21H22N2O2S2. The number of amides is 1. The first-order valence-electron chi connectivity index (χ1n) is 9.36. The summed E-state index contributed by atoms with van der Waals surface area (Å²) < 4.78 is 1.16. The minimum Gasteiger partial charge on any atom is -0.333 e. The van der Waals surface area contributed by atoms with Crippen LogP contribution in [0.5, 0.6) is 0 Å². The SMILES string of the molecule is Cc1ccc(C(=O)CCC(=O)N2CCCCC2c2nc3ccccc3s2)s1. The average molecular weight is 399 g/mol. The first-order chi connectivity index (χ1) is 13.1. The van der Waals surface area contributed by atoms with E-state index in [0.29, 0.717) is 0 Å². The molecule has 1 unspecified atom stereocenters. The fourth-order valence-electron chi connectivity index (χ4n) is 3.59. The maximum atomic E-state index is 12.9. The second-order valence-electron chi connectivity index (χ2n) is 6.95. The molecule has 1 aliphatic heterocycles. The minimum atomic E-state index is 0.0442. The largest absolute Gasteiger partial charge is 0.333 e. The molecular weight excluding hydrogens is 376 g/mol. The van der Waals surface area contributed by atoms with Crippen molar-refractivity contribution in [1.29, 1.82) is 0 Å². The lowest BCUT2D eigenvalue weighted by Crippen LogP contribution is -2.38. The zero-order valence-electron chi connectivity index (χ0n) is 15.3. The van der Waals surface area contributed by atoms with E-state index in [4.69, 9.17) is 4.98 Å². The van der Waals surface area contributed by atoms with Crippen LogP contribution < -0.4 is 0 Å². The smallest absolute Gasteiger partial charge is 0.223 e. The number of hydrogen-bond acceptors (Lipinski definition) is 5. The second kappa shape index (κ2) is 7.90. The molecule has 0 aliphatic carbocycles. The van der Waals surface area contributed by atoms with Gasteiger partial charge in [-0.05, 0) is 50.5 Å². The van der Waals surface area contributed by atoms with Gasteiger partial charge in [-0.15, -0.1) is 22.7 Å². The molecule has 1 aromatic carbocycles. The number of aryl methyl sites for hydroxylation is 1. The number of hydrogen-bond donors (Lipinski definition) is 0. The molecule has 4 nitrogen and oxygen atoms in total. The molecule has 1 fully saturated rings. The summed E-state index contributed by atoms with van der Waals surface area (Å²) in [6.45, 7) is 2.74. The number of likely N-dealkylation sites (tertiary alicyclic amines) is 1. The summed E-state index contributed by atoms with van der Waals surface area (Å²) in [7, 11) is 0. The van der Waals surface area contributed by atoms with Crippen molar-refractivity contribution in [1.82, 2.24) is 9.88 Å². The summed E-state index contributed by atoms with van der Waals surface area (Å²) in [4.78, 5) is 33.8. The molecule has 140 valence electrons. The predicted molar refractivity (Wildman–Crippen MR) is 111 cm³/mol. The maximum Gasteiger partial charge on any atom is 0.223 e. The second-order valence-corrected chi connectivity index (χ2v) is 9.30. The van der Waals surface area contributed by atoms with Gasteiger partial charge >= 0.3 is 0 Å². The van der Waals surface area contributed by atoms with Gasteiger partial charge in [0.1, 0.15) is 5.01 Å². The van der Waals surface area contributed by atoms with E-state index in [0.717, 1.165) is 50.8 Å². The molecule has 0 radical (unpaired) electrons. The Labute approximate surface area is 166 Å². The van der Waals surface area contributed by atoms with E-state index >= 15 is 0 Å². The molecule has 27 heavy (non-hydrogen) atoms. The lowest BCUT2D eigenvalue weighted by molar-refractivity contribution is -0.135. The summed E-state index contributed by atoms with van der Waals surface area (Å²) in [5, 5.41) is 1.02. The Bertz CT molecular complexity index is 942. The van der Waals surface area contributed by atoms with Crippen LogP contribution in [0.4, 0.5) is 0 Å². The van der Waals surface area contributed by atoms with Crippen LogP contribution in [0.3, 0.4) is 0 Å². The number of carbonyl (C=O) groups excluding carboxylic acids is 2. The molecule has 0 bridgehead atoms. The van der Waals surface area contributed by atoms with E-state index < -0.39 is 0 Å². The van der Waals surface area contributed by atoms with Crippen molar-refractivity contribution in [2.75, 3.05) is 6.54 Å². The summed E-state index contributed by atoms with van der Waals surface area (Å²) in [5.41, 5.74) is 0.999. The molecule has 6 heteroatoms. The molecule has 1 atom stereocenters. The maximum absolute atomic E-state index is 12.9. The van der Waals surface area contributed by atoms with Gasteiger partial charge < -0.3 is 4.90 Å². The summed E-state index contributed by atoms with van der Waals surface area (Å²) >= 11 is 3.18. The molecule has 0 N–H and O–H groups in total. The molecule has 2 aromatic heterocycles. The third-order valence-electron chi connectivity index (χ3n) is 5.00. The van der Waals surface area contributed by atoms with Crippen LogP contribution in [0.25, 0.3) is 10.2 Å². The van der Waals surface area contributed by atoms with Crippen LogP contribution in [0.15, 0.2) is 36.4 Å². The van der Waals surface area contributed by atoms with E-state index in [2.05, 4.69) is 6.07 Å². The van der Waals surface area contributed by atoms with Gasteiger partial charge in [-0.3, -0.25) is 9.59 Å². The lowest BCUT2D eigenvalue weighted by Gasteiger charge is -2.34. The Morgan fingerprint density at radius 2 is 1.96 bits per heavy atom. The molecule has 1 amide bonds. The van der Waals surface area contributed by atoms with Crippen LogP contribution in [0.2, 0.25) is 0 Å². The van der Waals surface area contributed by atoms with Crippen molar-refractivity contribution in [3.63, 3.8) is 0 Å². The van der Waals surface area contributed by atoms with Gasteiger partial charge in [-0.25, -0.2) is 4.98 Å². The van der Waals surface area contributed by atoms with Crippen molar-refractivity contribution in [2.45, 2.75) is 45.1 Å². The molecule has 1 aliphatic rings. The molecule has 4 rings (SSSR count). The normalized spacial score (nSPS) is 17.4. The van der Waals surface area contributed by atoms with Gasteiger partial charge in [-0.2, -0.15) is 0 Å². The average Bonchev–Trinajstić information content (AvgIpc) is 3.32. The van der Waals surface area contributed by atoms with Crippen molar-refractivity contribution < 1.29 is 9.59 Å². The van der Waals surface area contributed by atoms with Crippen LogP contribution in [-0.4, -0.2) is 28.1 Å². The zero-order valence-corrected chi connectivity index (χ0v) is 16.9. The Kier molecular flexibility index (Phi) is 5.36. The topological polar surface area (TPSA) is 50.3 Å². The Morgan fingerprint density at radius 3 is 2.74 bits per heavy atom. The van der Waals surface area contributed by atoms with Crippen molar-refractivity contribution in [2.24, 2.45) is 0 Å². The van der Waals surface area contributed by atoms with Gasteiger partial charge in [0, 0.05) is 24.3 Å². The number of aromatic nitrogens is 1. The van der Waals surface area contributed by atoms with E-state index in [1.54, 1.807) is 11.3 Å². The first kappa shape index (κ1) is 18.3. The Hall–Kier alpha value is -2.05. The summed E-state index contributed by atoms with van der Waals surface area (Å²) in [5.74, 6) is 0.135. The van der Waals surface area contributed by atoms with Crippen LogP contribution in [0.1, 0.15) is 57.7 Å². The van der Waals surface area contributed by atoms with Crippen LogP contribution >= 0.6 is 22.7 Å². The summed E-state index contributed by atoms with van der Waals surface area (Å²) in [6.07, 6.45) is 3.63. The lowest BCUT2D eigenvalue weighted by atomic mass is 10.0. The Morgan fingerprint density at radius 1 is 1.11 bits per heavy atom. The fourth-order valence-corrected chi connectivity index (χ4v) is 5.54. The minimum absolute atomic E-state index is 0.0442. The van der Waals surface area contributed by atoms with Gasteiger partial charge in [0.25, 0.3) is 0 Å². The number of benzene rings is 1. The number of piperidine rings is 1. The predicted octanol–water partition coefficient (Wildman–Crippen LogP) is 5.38. The van der Waals surface area contributed by atoms with Crippen molar-refractivity contribution in [3.05, 3.63) is 51.2 Å². The number of nitrogens with zero attached hydrogens (tertiary/aromatic N) is 2. The third kappa shape index (κ3) is 3.96. The molecule has 3 aromatic rings. The monoisotopic (exact) mass is 398 g/mol. The van der Waals surface area contributed by atoms with Crippen LogP contribution in [0, 0.1) is 6.92 Å². The molecule has 0 saturated carbocycles. The van der Waals surface area contributed by atoms with Crippen molar-refractivity contribution in [3.8, 4) is 0 Å². The number of thiazole rings is 1. The highest BCUT2D eigenvalue weighted by atomic mass is 32.1. The number of carbonyl (C=O) groups is 2. The molecule has 1 saturated heterocycles. The summed E-state index contributed by atoms with van der Waals surface area (Å²) in [6, 6.07) is 12.0. The van der Waals surface area contributed by atoms with E-state index in [-0.39, 0.29) is 30.6 Å². The molecule has 3 heterocycles. The third-order valence-corrected chi connectivity index (χ3v) is 7.18. The number of para-hydroxylation sites is 1. The highest BCUT2D eigenvalue weighted by Crippen LogP contribution is 2.36. The fraction of sp³-hybridized carbons (Fsp3) is 0.381. The Balaban J connectivity index is 1.46. The first-order valence-corrected chi connectivity index (χ1v) is 11.0. The van der Waals surface area contributed by atoms with E-state index in [1.807, 2.05) is 42.2 Å². The number of rotatable bonds is 5. The highest BCUT2D eigenvalue weighted by molar-refractivity contribution is 7.18. The number of fused-ring (bicyclic) bond motifs is 1. The van der Waals surface area contributed by atoms with Gasteiger partial charge in [0.15, 0.2) is 5.78 Å². The standard InChI is InChI=1S/C21H22N2O2S2/c1-14-9-11-19(26-14)17(24)10-12-20(25)23-13-5-4-7-16(23)21-22-15-6-2-3-8-18(15)27-21/h2-3,6,8-9,11,16H,4-5,7,10,12-13H2,1H3. The van der Waals surface area contributed by atoms with Crippen LogP contribution in [-0.2, 0) is 4.79 Å². The van der Waals surface area contributed by atoms with Crippen molar-refractivity contribution >= 4 is 44.6 Å². The van der Waals surface area contributed by atoms with E-state index in [9.17, 15) is 9.59 Å². The zero-order chi connectivity index (χ0) is 18.8. The molecule has 0 spiro atoms. The van der Waals surface area contributed by atoms with Gasteiger partial charge in [0.2, 0.25) is 5.91 Å². The van der Waals surface area contributed by atoms with Gasteiger partial charge in [0.05, 0.1) is 21.1 Å². The quantitative estimate of drug-likeness (QED) is 0.542. The van der Waals surface area contributed by atoms with E-state index in [1.165, 1.54) is 11.3 Å². The highest BCUT2D eigenvalue weighted by Gasteiger charge is 2.30. The van der Waals surface area contributed by atoms with Gasteiger partial charge in [-0.1, -0.05) is 12.1 Å².